The molecule has 55 heavy (non-hydrogen) atoms. The Hall–Kier alpha value is -7.36. The normalized spacial score (nSPS) is 16.0. The summed E-state index contributed by atoms with van der Waals surface area (Å²) in [7, 11) is 0. The lowest BCUT2D eigenvalue weighted by atomic mass is 9.99. The highest BCUT2D eigenvalue weighted by molar-refractivity contribution is 6.19. The Morgan fingerprint density at radius 3 is 1.69 bits per heavy atom. The predicted octanol–water partition coefficient (Wildman–Crippen LogP) is 15.1. The minimum absolute atomic E-state index is 0.0652. The summed E-state index contributed by atoms with van der Waals surface area (Å²) in [5.74, 6) is 0. The quantitative estimate of drug-likeness (QED) is 0.171. The minimum Gasteiger partial charge on any atom is -0.456 e. The van der Waals surface area contributed by atoms with E-state index in [0.717, 1.165) is 21.1 Å². The van der Waals surface area contributed by atoms with Crippen LogP contribution in [-0.4, -0.2) is 0 Å². The molecule has 0 N–H and O–H groups in total. The second-order valence-corrected chi connectivity index (χ2v) is 12.8. The topological polar surface area (TPSA) is 29.5 Å². The second kappa shape index (κ2) is 12.6. The third kappa shape index (κ3) is 5.28. The van der Waals surface area contributed by atoms with Crippen LogP contribution in [0, 0.1) is 0 Å². The van der Waals surface area contributed by atoms with Gasteiger partial charge in [0.25, 0.3) is 0 Å². The van der Waals surface area contributed by atoms with Gasteiger partial charge in [0.2, 0.25) is 0 Å². The van der Waals surface area contributed by atoms with Crippen molar-refractivity contribution < 1.29 is 32.1 Å². The van der Waals surface area contributed by atoms with Crippen molar-refractivity contribution in [2.24, 2.45) is 0 Å². The van der Waals surface area contributed by atoms with Gasteiger partial charge in [-0.05, 0) is 99.3 Å². The summed E-state index contributed by atoms with van der Waals surface area (Å²) in [6, 6.07) is 15.4. The van der Waals surface area contributed by atoms with Crippen molar-refractivity contribution >= 4 is 71.7 Å². The number of nitrogens with zero attached hydrogens (tertiary/aromatic N) is 1. The number of benzene rings is 9. The molecule has 0 saturated heterocycles. The Bertz CT molecular complexity index is 4100. The smallest absolute Gasteiger partial charge is 0.143 e. The summed E-state index contributed by atoms with van der Waals surface area (Å²) in [4.78, 5) is 1.13. The number of anilines is 3. The molecule has 11 aromatic rings. The molecule has 258 valence electrons. The van der Waals surface area contributed by atoms with Crippen LogP contribution in [0.1, 0.15) is 23.3 Å². The Kier molecular flexibility index (Phi) is 4.28. The maximum absolute atomic E-state index is 9.70. The molecule has 11 rings (SSSR count). The molecule has 9 aromatic carbocycles. The van der Waals surface area contributed by atoms with E-state index in [4.69, 9.17) is 21.2 Å². The first kappa shape index (κ1) is 18.6. The maximum Gasteiger partial charge on any atom is 0.143 e. The van der Waals surface area contributed by atoms with Crippen LogP contribution in [0.4, 0.5) is 17.1 Å². The average molecular weight is 721 g/mol. The molecule has 0 aliphatic rings. The van der Waals surface area contributed by atoms with Gasteiger partial charge in [0, 0.05) is 32.9 Å². The largest absolute Gasteiger partial charge is 0.456 e. The van der Waals surface area contributed by atoms with Crippen LogP contribution in [0.2, 0.25) is 0 Å². The Morgan fingerprint density at radius 1 is 0.382 bits per heavy atom. The van der Waals surface area contributed by atoms with Gasteiger partial charge >= 0.3 is 0 Å². The molecule has 2 heterocycles. The Balaban J connectivity index is 1.19. The molecular formula is C52H33NO2. The van der Waals surface area contributed by atoms with Gasteiger partial charge in [-0.1, -0.05) is 139 Å². The van der Waals surface area contributed by atoms with E-state index >= 15 is 0 Å². The lowest BCUT2D eigenvalue weighted by Crippen LogP contribution is -2.10. The number of furan rings is 2. The molecule has 0 unspecified atom stereocenters. The molecule has 0 aliphatic heterocycles. The van der Waals surface area contributed by atoms with Gasteiger partial charge in [-0.2, -0.15) is 0 Å². The second-order valence-electron chi connectivity index (χ2n) is 12.8. The fourth-order valence-electron chi connectivity index (χ4n) is 7.00. The third-order valence-electron chi connectivity index (χ3n) is 9.57. The van der Waals surface area contributed by atoms with Crippen LogP contribution >= 0.6 is 0 Å². The molecule has 0 bridgehead atoms. The van der Waals surface area contributed by atoms with E-state index in [2.05, 4.69) is 0 Å². The first-order valence-electron chi connectivity index (χ1n) is 25.8. The predicted molar refractivity (Wildman–Crippen MR) is 229 cm³/mol. The molecule has 0 aliphatic carbocycles. The zero-order valence-electron chi connectivity index (χ0n) is 45.5. The van der Waals surface area contributed by atoms with Crippen molar-refractivity contribution in [2.45, 2.75) is 0 Å². The van der Waals surface area contributed by atoms with Crippen LogP contribution in [0.25, 0.3) is 88.0 Å². The standard InChI is InChI=1S/C52H33NO2/c1-2-9-34(10-3-1)35-17-19-36(20-18-35)37-21-27-41(28-22-37)53(47-14-8-16-50-51(47)45-31-25-39-11-4-5-12-43(39)52(45)55-50)42-29-23-38(24-30-42)40-26-32-49-46(33-40)44-13-6-7-15-48(44)54-49/h1-33H/i1D,2D,3D,9D,10D,17D,18D,19D,20D,21D,22D,23D,24D,27D,28D,29D,30D. The summed E-state index contributed by atoms with van der Waals surface area (Å²) in [6.45, 7) is 0. The number of hydrogen-bond donors (Lipinski definition) is 0. The SMILES string of the molecule is [2H]c1c([2H])c([2H])c(-c2c([2H])c([2H])c(-c3c([2H])c([2H])c(N(c4c([2H])c([2H])c(-c5ccc6oc7ccccc7c6c5)c([2H])c4[2H])c4cccc5oc6c7ccccc7ccc6c45)c([2H])c3[2H])c([2H])c2[2H])c([2H])c1[2H]. The van der Waals surface area contributed by atoms with E-state index in [-0.39, 0.29) is 11.3 Å². The summed E-state index contributed by atoms with van der Waals surface area (Å²) in [5.41, 5.74) is -1.34. The average Bonchev–Trinajstić information content (AvgIpc) is 3.96. The van der Waals surface area contributed by atoms with Gasteiger partial charge in [0.1, 0.15) is 22.3 Å². The first-order chi connectivity index (χ1) is 34.3. The number of para-hydroxylation sites is 1. The van der Waals surface area contributed by atoms with Gasteiger partial charge in [0.05, 0.1) is 34.4 Å². The van der Waals surface area contributed by atoms with Crippen molar-refractivity contribution in [1.82, 2.24) is 0 Å². The number of fused-ring (bicyclic) bond motifs is 8. The fraction of sp³-hybridized carbons (Fsp3) is 0. The molecule has 0 spiro atoms. The van der Waals surface area contributed by atoms with E-state index in [0.29, 0.717) is 44.1 Å². The first-order valence-corrected chi connectivity index (χ1v) is 17.3. The molecule has 0 fully saturated rings. The number of rotatable bonds is 6. The van der Waals surface area contributed by atoms with Gasteiger partial charge < -0.3 is 13.7 Å². The maximum atomic E-state index is 9.70. The molecule has 2 aromatic heterocycles. The van der Waals surface area contributed by atoms with Crippen LogP contribution in [0.5, 0.6) is 0 Å². The van der Waals surface area contributed by atoms with E-state index in [1.807, 2.05) is 48.5 Å². The molecule has 3 heteroatoms. The highest BCUT2D eigenvalue weighted by atomic mass is 16.3. The lowest BCUT2D eigenvalue weighted by molar-refractivity contribution is 0.669. The molecule has 0 amide bonds. The highest BCUT2D eigenvalue weighted by Crippen LogP contribution is 2.45. The Labute approximate surface area is 341 Å². The van der Waals surface area contributed by atoms with Crippen LogP contribution in [-0.2, 0) is 0 Å². The zero-order valence-corrected chi connectivity index (χ0v) is 28.5. The molecule has 0 saturated carbocycles. The van der Waals surface area contributed by atoms with Crippen LogP contribution in [0.15, 0.2) is 209 Å². The summed E-state index contributed by atoms with van der Waals surface area (Å²) in [6.07, 6.45) is 0. The summed E-state index contributed by atoms with van der Waals surface area (Å²) < 4.78 is 167. The molecular weight excluding hydrogens is 671 g/mol. The van der Waals surface area contributed by atoms with Gasteiger partial charge in [-0.3, -0.25) is 0 Å². The van der Waals surface area contributed by atoms with Crippen LogP contribution in [0.3, 0.4) is 0 Å². The van der Waals surface area contributed by atoms with E-state index in [9.17, 15) is 11.0 Å². The summed E-state index contributed by atoms with van der Waals surface area (Å²) in [5, 5.41) is 3.93. The van der Waals surface area contributed by atoms with Crippen LogP contribution < -0.4 is 4.90 Å². The monoisotopic (exact) mass is 720 g/mol. The number of hydrogen-bond acceptors (Lipinski definition) is 3. The van der Waals surface area contributed by atoms with Crippen molar-refractivity contribution in [1.29, 1.82) is 0 Å². The minimum atomic E-state index is -0.887. The fourth-order valence-corrected chi connectivity index (χ4v) is 7.00. The van der Waals surface area contributed by atoms with Crippen molar-refractivity contribution in [3.8, 4) is 33.4 Å². The van der Waals surface area contributed by atoms with E-state index in [1.165, 1.54) is 0 Å². The van der Waals surface area contributed by atoms with E-state index < -0.39 is 136 Å². The van der Waals surface area contributed by atoms with E-state index in [1.54, 1.807) is 48.5 Å². The zero-order chi connectivity index (χ0) is 51.1. The van der Waals surface area contributed by atoms with Gasteiger partial charge in [-0.15, -0.1) is 0 Å². The van der Waals surface area contributed by atoms with Gasteiger partial charge in [0.15, 0.2) is 0 Å². The molecule has 0 radical (unpaired) electrons. The van der Waals surface area contributed by atoms with Crippen molar-refractivity contribution in [3.63, 3.8) is 0 Å². The highest BCUT2D eigenvalue weighted by Gasteiger charge is 2.21. The van der Waals surface area contributed by atoms with Crippen molar-refractivity contribution in [3.05, 3.63) is 200 Å². The Morgan fingerprint density at radius 2 is 0.964 bits per heavy atom. The molecule has 0 atom stereocenters. The summed E-state index contributed by atoms with van der Waals surface area (Å²) >= 11 is 0. The molecule has 3 nitrogen and oxygen atoms in total. The lowest BCUT2D eigenvalue weighted by Gasteiger charge is -2.26. The van der Waals surface area contributed by atoms with Crippen molar-refractivity contribution in [2.75, 3.05) is 4.90 Å². The van der Waals surface area contributed by atoms with Gasteiger partial charge in [-0.25, -0.2) is 0 Å². The third-order valence-corrected chi connectivity index (χ3v) is 9.57.